The first-order chi connectivity index (χ1) is 12.3. The van der Waals surface area contributed by atoms with Gasteiger partial charge in [-0.2, -0.15) is 0 Å². The molecule has 0 saturated heterocycles. The minimum Gasteiger partial charge on any atom is -0.508 e. The summed E-state index contributed by atoms with van der Waals surface area (Å²) < 4.78 is 15.9. The Labute approximate surface area is 148 Å². The number of esters is 1. The highest BCUT2D eigenvalue weighted by Crippen LogP contribution is 2.43. The van der Waals surface area contributed by atoms with E-state index in [2.05, 4.69) is 0 Å². The lowest BCUT2D eigenvalue weighted by Gasteiger charge is -2.32. The van der Waals surface area contributed by atoms with Crippen molar-refractivity contribution in [3.63, 3.8) is 0 Å². The summed E-state index contributed by atoms with van der Waals surface area (Å²) in [7, 11) is 1.36. The Hall–Kier alpha value is -3.42. The van der Waals surface area contributed by atoms with Crippen LogP contribution in [0.3, 0.4) is 0 Å². The summed E-state index contributed by atoms with van der Waals surface area (Å²) >= 11 is 0. The topological polar surface area (TPSA) is 123 Å². The van der Waals surface area contributed by atoms with Gasteiger partial charge in [-0.05, 0) is 12.1 Å². The molecule has 0 amide bonds. The predicted octanol–water partition coefficient (Wildman–Crippen LogP) is 2.06. The zero-order chi connectivity index (χ0) is 19.0. The Balaban J connectivity index is 2.13. The van der Waals surface area contributed by atoms with Crippen LogP contribution in [0.1, 0.15) is 28.9 Å². The molecule has 0 bridgehead atoms. The van der Waals surface area contributed by atoms with E-state index in [0.717, 1.165) is 13.0 Å². The molecule has 8 nitrogen and oxygen atoms in total. The van der Waals surface area contributed by atoms with Crippen LogP contribution in [-0.4, -0.2) is 40.3 Å². The van der Waals surface area contributed by atoms with Crippen molar-refractivity contribution in [2.75, 3.05) is 7.11 Å². The van der Waals surface area contributed by atoms with Gasteiger partial charge in [-0.25, -0.2) is 0 Å². The van der Waals surface area contributed by atoms with E-state index in [0.29, 0.717) is 5.56 Å². The van der Waals surface area contributed by atoms with Crippen molar-refractivity contribution in [3.05, 3.63) is 41.5 Å². The highest BCUT2D eigenvalue weighted by atomic mass is 16.6. The maximum atomic E-state index is 12.8. The van der Waals surface area contributed by atoms with E-state index < -0.39 is 29.7 Å². The quantitative estimate of drug-likeness (QED) is 0.711. The molecule has 2 atom stereocenters. The van der Waals surface area contributed by atoms with Crippen LogP contribution in [0.15, 0.2) is 30.3 Å². The van der Waals surface area contributed by atoms with E-state index >= 15 is 0 Å². The number of ketones is 1. The lowest BCUT2D eigenvalue weighted by molar-refractivity contribution is -0.148. The fraction of sp³-hybridized carbons (Fsp3) is 0.222. The van der Waals surface area contributed by atoms with Crippen LogP contribution >= 0.6 is 0 Å². The molecule has 8 heteroatoms. The van der Waals surface area contributed by atoms with Crippen LogP contribution < -0.4 is 9.47 Å². The van der Waals surface area contributed by atoms with Crippen molar-refractivity contribution < 1.29 is 39.1 Å². The number of aromatic hydroxyl groups is 3. The Morgan fingerprint density at radius 2 is 1.85 bits per heavy atom. The van der Waals surface area contributed by atoms with Crippen LogP contribution in [0.5, 0.6) is 28.7 Å². The number of hydrogen-bond acceptors (Lipinski definition) is 8. The van der Waals surface area contributed by atoms with E-state index in [1.54, 1.807) is 0 Å². The summed E-state index contributed by atoms with van der Waals surface area (Å²) in [6, 6.07) is 6.45. The Morgan fingerprint density at radius 1 is 1.12 bits per heavy atom. The smallest absolute Gasteiger partial charge is 0.303 e. The number of hydrogen-bond donors (Lipinski definition) is 3. The van der Waals surface area contributed by atoms with Crippen LogP contribution in [0, 0.1) is 0 Å². The molecular weight excluding hydrogens is 344 g/mol. The second-order valence-corrected chi connectivity index (χ2v) is 5.70. The molecule has 0 fully saturated rings. The molecule has 0 saturated carbocycles. The number of carbonyl (C=O) groups excluding carboxylic acids is 2. The Bertz CT molecular complexity index is 889. The lowest BCUT2D eigenvalue weighted by atomic mass is 9.92. The molecule has 0 aromatic heterocycles. The fourth-order valence-electron chi connectivity index (χ4n) is 2.81. The number of fused-ring (bicyclic) bond motifs is 1. The molecule has 136 valence electrons. The van der Waals surface area contributed by atoms with Crippen molar-refractivity contribution >= 4 is 11.8 Å². The van der Waals surface area contributed by atoms with Gasteiger partial charge in [0.15, 0.2) is 17.6 Å². The molecule has 0 unspecified atom stereocenters. The average molecular weight is 360 g/mol. The second kappa shape index (κ2) is 6.47. The first-order valence-electron chi connectivity index (χ1n) is 7.62. The molecule has 26 heavy (non-hydrogen) atoms. The molecular formula is C18H16O8. The zero-order valence-electron chi connectivity index (χ0n) is 13.9. The Kier molecular flexibility index (Phi) is 4.33. The van der Waals surface area contributed by atoms with Gasteiger partial charge in [-0.15, -0.1) is 0 Å². The zero-order valence-corrected chi connectivity index (χ0v) is 13.9. The number of methoxy groups -OCH3 is 1. The third-order valence-electron chi connectivity index (χ3n) is 3.93. The second-order valence-electron chi connectivity index (χ2n) is 5.70. The molecule has 1 aliphatic rings. The van der Waals surface area contributed by atoms with Gasteiger partial charge >= 0.3 is 5.97 Å². The standard InChI is InChI=1S/C18H16O8/c1-8(19)25-18-16(23)15-12(22)6-10(20)7-14(15)26-17(18)9-3-4-11(21)13(5-9)24-2/h3-7,17-18,20-22H,1-2H3/t17-,18+/m1/s1. The van der Waals surface area contributed by atoms with Crippen molar-refractivity contribution in [3.8, 4) is 28.7 Å². The van der Waals surface area contributed by atoms with Gasteiger partial charge in [-0.1, -0.05) is 6.07 Å². The van der Waals surface area contributed by atoms with Gasteiger partial charge in [0.25, 0.3) is 0 Å². The third kappa shape index (κ3) is 2.97. The fourth-order valence-corrected chi connectivity index (χ4v) is 2.81. The van der Waals surface area contributed by atoms with Crippen LogP contribution in [0.25, 0.3) is 0 Å². The number of phenolic OH excluding ortho intramolecular Hbond substituents is 3. The normalized spacial score (nSPS) is 18.6. The predicted molar refractivity (Wildman–Crippen MR) is 87.7 cm³/mol. The molecule has 3 rings (SSSR count). The van der Waals surface area contributed by atoms with Crippen molar-refractivity contribution in [2.24, 2.45) is 0 Å². The minimum atomic E-state index is -1.36. The van der Waals surface area contributed by atoms with Crippen molar-refractivity contribution in [1.29, 1.82) is 0 Å². The number of benzene rings is 2. The van der Waals surface area contributed by atoms with Gasteiger partial charge in [0.05, 0.1) is 7.11 Å². The molecule has 3 N–H and O–H groups in total. The highest BCUT2D eigenvalue weighted by molar-refractivity contribution is 6.06. The molecule has 1 aliphatic heterocycles. The summed E-state index contributed by atoms with van der Waals surface area (Å²) in [5.41, 5.74) is 0.212. The van der Waals surface area contributed by atoms with E-state index in [1.165, 1.54) is 31.4 Å². The molecule has 0 aliphatic carbocycles. The maximum absolute atomic E-state index is 12.8. The summed E-state index contributed by atoms with van der Waals surface area (Å²) in [4.78, 5) is 24.3. The van der Waals surface area contributed by atoms with E-state index in [4.69, 9.17) is 14.2 Å². The number of Topliss-reactive ketones (excluding diaryl/α,β-unsaturated/α-hetero) is 1. The molecule has 1 heterocycles. The summed E-state index contributed by atoms with van der Waals surface area (Å²) in [5.74, 6) is -2.16. The van der Waals surface area contributed by atoms with Gasteiger partial charge in [0.1, 0.15) is 22.8 Å². The molecule has 0 radical (unpaired) electrons. The molecule has 2 aromatic rings. The number of rotatable bonds is 3. The monoisotopic (exact) mass is 360 g/mol. The molecule has 0 spiro atoms. The van der Waals surface area contributed by atoms with Crippen LogP contribution in [0.4, 0.5) is 0 Å². The third-order valence-corrected chi connectivity index (χ3v) is 3.93. The molecule has 2 aromatic carbocycles. The SMILES string of the molecule is COc1cc([C@H]2Oc3cc(O)cc(O)c3C(=O)[C@@H]2OC(C)=O)ccc1O. The van der Waals surface area contributed by atoms with E-state index in [-0.39, 0.29) is 28.6 Å². The summed E-state index contributed by atoms with van der Waals surface area (Å²) in [5, 5.41) is 29.4. The average Bonchev–Trinajstić information content (AvgIpc) is 2.56. The number of carbonyl (C=O) groups is 2. The van der Waals surface area contributed by atoms with Crippen LogP contribution in [0.2, 0.25) is 0 Å². The van der Waals surface area contributed by atoms with Gasteiger partial charge in [0, 0.05) is 24.6 Å². The van der Waals surface area contributed by atoms with Crippen molar-refractivity contribution in [1.82, 2.24) is 0 Å². The summed E-state index contributed by atoms with van der Waals surface area (Å²) in [6.07, 6.45) is -2.42. The van der Waals surface area contributed by atoms with Crippen LogP contribution in [-0.2, 0) is 9.53 Å². The van der Waals surface area contributed by atoms with Crippen molar-refractivity contribution in [2.45, 2.75) is 19.1 Å². The highest BCUT2D eigenvalue weighted by Gasteiger charge is 2.42. The first-order valence-corrected chi connectivity index (χ1v) is 7.62. The van der Waals surface area contributed by atoms with Gasteiger partial charge < -0.3 is 29.5 Å². The van der Waals surface area contributed by atoms with E-state index in [1.807, 2.05) is 0 Å². The Morgan fingerprint density at radius 3 is 2.50 bits per heavy atom. The number of ether oxygens (including phenoxy) is 3. The van der Waals surface area contributed by atoms with Gasteiger partial charge in [0.2, 0.25) is 11.9 Å². The first kappa shape index (κ1) is 17.4. The minimum absolute atomic E-state index is 0.0482. The van der Waals surface area contributed by atoms with Gasteiger partial charge in [-0.3, -0.25) is 9.59 Å². The summed E-state index contributed by atoms with van der Waals surface area (Å²) in [6.45, 7) is 1.15. The largest absolute Gasteiger partial charge is 0.508 e. The maximum Gasteiger partial charge on any atom is 0.303 e. The number of phenols is 3. The van der Waals surface area contributed by atoms with E-state index in [9.17, 15) is 24.9 Å². The lowest BCUT2D eigenvalue weighted by Crippen LogP contribution is -2.39.